The number of aromatic nitrogens is 2. The summed E-state index contributed by atoms with van der Waals surface area (Å²) in [6.45, 7) is 4.03. The van der Waals surface area contributed by atoms with Gasteiger partial charge >= 0.3 is 5.97 Å². The fraction of sp³-hybridized carbons (Fsp3) is 0.214. The second-order valence-corrected chi connectivity index (χ2v) is 8.72. The molecule has 0 radical (unpaired) electrons. The number of hydrogen-bond acceptors (Lipinski definition) is 3. The first-order valence-corrected chi connectivity index (χ1v) is 11.0. The number of carbonyl (C=O) groups is 1. The van der Waals surface area contributed by atoms with Crippen molar-refractivity contribution in [3.63, 3.8) is 0 Å². The molecule has 0 fully saturated rings. The SMILES string of the molecule is Cc1ccc(-n2nc(CC(C(=O)O)c3cccc(C)c3)cc2-c2ccc(N(C)C)cc2)cc1. The van der Waals surface area contributed by atoms with Gasteiger partial charge in [-0.15, -0.1) is 0 Å². The number of aryl methyl sites for hydroxylation is 2. The molecule has 5 nitrogen and oxygen atoms in total. The van der Waals surface area contributed by atoms with E-state index in [4.69, 9.17) is 5.10 Å². The van der Waals surface area contributed by atoms with Gasteiger partial charge in [-0.1, -0.05) is 59.7 Å². The van der Waals surface area contributed by atoms with Crippen molar-refractivity contribution in [3.05, 3.63) is 101 Å². The molecule has 0 bridgehead atoms. The van der Waals surface area contributed by atoms with Crippen LogP contribution in [-0.2, 0) is 11.2 Å². The van der Waals surface area contributed by atoms with E-state index in [9.17, 15) is 9.90 Å². The molecule has 33 heavy (non-hydrogen) atoms. The number of nitrogens with zero attached hydrogens (tertiary/aromatic N) is 3. The lowest BCUT2D eigenvalue weighted by atomic mass is 9.93. The second kappa shape index (κ2) is 9.33. The van der Waals surface area contributed by atoms with Crippen molar-refractivity contribution >= 4 is 11.7 Å². The molecule has 0 amide bonds. The van der Waals surface area contributed by atoms with Gasteiger partial charge in [0.05, 0.1) is 23.0 Å². The standard InChI is InChI=1S/C28H29N3O2/c1-19-8-12-25(13-9-19)31-27(21-10-14-24(15-11-21)30(3)4)18-23(29-31)17-26(28(32)33)22-7-5-6-20(2)16-22/h5-16,18,26H,17H2,1-4H3,(H,32,33). The van der Waals surface area contributed by atoms with Gasteiger partial charge in [-0.25, -0.2) is 4.68 Å². The minimum atomic E-state index is -0.845. The number of hydrogen-bond donors (Lipinski definition) is 1. The highest BCUT2D eigenvalue weighted by atomic mass is 16.4. The summed E-state index contributed by atoms with van der Waals surface area (Å²) in [6.07, 6.45) is 0.320. The maximum atomic E-state index is 12.1. The Hall–Kier alpha value is -3.86. The number of carboxylic acids is 1. The summed E-state index contributed by atoms with van der Waals surface area (Å²) in [7, 11) is 4.03. The fourth-order valence-corrected chi connectivity index (χ4v) is 3.99. The molecule has 4 rings (SSSR count). The number of anilines is 1. The zero-order valence-corrected chi connectivity index (χ0v) is 19.5. The molecule has 0 saturated heterocycles. The van der Waals surface area contributed by atoms with Crippen LogP contribution in [0.1, 0.15) is 28.3 Å². The van der Waals surface area contributed by atoms with E-state index in [1.807, 2.05) is 68.2 Å². The average Bonchev–Trinajstić information content (AvgIpc) is 3.22. The Balaban J connectivity index is 1.77. The van der Waals surface area contributed by atoms with Crippen LogP contribution in [0.2, 0.25) is 0 Å². The van der Waals surface area contributed by atoms with Crippen LogP contribution in [-0.4, -0.2) is 35.0 Å². The van der Waals surface area contributed by atoms with Crippen molar-refractivity contribution in [3.8, 4) is 16.9 Å². The summed E-state index contributed by atoms with van der Waals surface area (Å²) in [5.74, 6) is -1.50. The van der Waals surface area contributed by atoms with E-state index in [0.29, 0.717) is 6.42 Å². The van der Waals surface area contributed by atoms with Crippen molar-refractivity contribution < 1.29 is 9.90 Å². The Morgan fingerprint density at radius 1 is 0.939 bits per heavy atom. The van der Waals surface area contributed by atoms with Crippen molar-refractivity contribution in [1.82, 2.24) is 9.78 Å². The maximum Gasteiger partial charge on any atom is 0.311 e. The number of rotatable bonds is 7. The fourth-order valence-electron chi connectivity index (χ4n) is 3.99. The predicted octanol–water partition coefficient (Wildman–Crippen LogP) is 5.63. The molecule has 1 atom stereocenters. The van der Waals surface area contributed by atoms with Gasteiger partial charge in [0.1, 0.15) is 0 Å². The lowest BCUT2D eigenvalue weighted by Gasteiger charge is -2.13. The Labute approximate surface area is 194 Å². The predicted molar refractivity (Wildman–Crippen MR) is 133 cm³/mol. The van der Waals surface area contributed by atoms with Crippen molar-refractivity contribution in [2.24, 2.45) is 0 Å². The first-order valence-electron chi connectivity index (χ1n) is 11.0. The third-order valence-corrected chi connectivity index (χ3v) is 5.87. The molecule has 168 valence electrons. The quantitative estimate of drug-likeness (QED) is 0.405. The van der Waals surface area contributed by atoms with Crippen LogP contribution in [0.25, 0.3) is 16.9 Å². The third kappa shape index (κ3) is 4.98. The van der Waals surface area contributed by atoms with E-state index < -0.39 is 11.9 Å². The highest BCUT2D eigenvalue weighted by Crippen LogP contribution is 2.29. The zero-order valence-electron chi connectivity index (χ0n) is 19.5. The molecule has 4 aromatic rings. The maximum absolute atomic E-state index is 12.1. The minimum Gasteiger partial charge on any atom is -0.481 e. The van der Waals surface area contributed by atoms with E-state index in [1.165, 1.54) is 5.56 Å². The van der Waals surface area contributed by atoms with Crippen molar-refractivity contribution in [1.29, 1.82) is 0 Å². The third-order valence-electron chi connectivity index (χ3n) is 5.87. The number of benzene rings is 3. The van der Waals surface area contributed by atoms with Gasteiger partial charge in [0.2, 0.25) is 0 Å². The summed E-state index contributed by atoms with van der Waals surface area (Å²) in [6, 6.07) is 26.2. The minimum absolute atomic E-state index is 0.320. The highest BCUT2D eigenvalue weighted by Gasteiger charge is 2.23. The van der Waals surface area contributed by atoms with E-state index in [2.05, 4.69) is 48.2 Å². The Kier molecular flexibility index (Phi) is 6.31. The Morgan fingerprint density at radius 3 is 2.24 bits per heavy atom. The van der Waals surface area contributed by atoms with Crippen molar-refractivity contribution in [2.75, 3.05) is 19.0 Å². The molecule has 1 heterocycles. The second-order valence-electron chi connectivity index (χ2n) is 8.72. The summed E-state index contributed by atoms with van der Waals surface area (Å²) in [4.78, 5) is 14.2. The van der Waals surface area contributed by atoms with Crippen LogP contribution in [0.4, 0.5) is 5.69 Å². The van der Waals surface area contributed by atoms with Gasteiger partial charge in [-0.05, 0) is 49.7 Å². The molecule has 1 unspecified atom stereocenters. The van der Waals surface area contributed by atoms with E-state index in [0.717, 1.165) is 39.5 Å². The van der Waals surface area contributed by atoms with Gasteiger partial charge in [-0.3, -0.25) is 4.79 Å². The molecule has 0 saturated carbocycles. The summed E-state index contributed by atoms with van der Waals surface area (Å²) >= 11 is 0. The van der Waals surface area contributed by atoms with Crippen LogP contribution in [0, 0.1) is 13.8 Å². The molecular formula is C28H29N3O2. The summed E-state index contributed by atoms with van der Waals surface area (Å²) in [5, 5.41) is 14.8. The van der Waals surface area contributed by atoms with Crippen LogP contribution in [0.15, 0.2) is 78.9 Å². The Morgan fingerprint density at radius 2 is 1.64 bits per heavy atom. The van der Waals surface area contributed by atoms with Gasteiger partial charge in [0.15, 0.2) is 0 Å². The van der Waals surface area contributed by atoms with Crippen molar-refractivity contribution in [2.45, 2.75) is 26.2 Å². The largest absolute Gasteiger partial charge is 0.481 e. The molecule has 1 N–H and O–H groups in total. The molecular weight excluding hydrogens is 410 g/mol. The lowest BCUT2D eigenvalue weighted by molar-refractivity contribution is -0.138. The molecule has 3 aromatic carbocycles. The highest BCUT2D eigenvalue weighted by molar-refractivity contribution is 5.76. The van der Waals surface area contributed by atoms with Gasteiger partial charge in [-0.2, -0.15) is 5.10 Å². The molecule has 0 aliphatic rings. The van der Waals surface area contributed by atoms with Crippen LogP contribution < -0.4 is 4.90 Å². The van der Waals surface area contributed by atoms with Crippen LogP contribution in [0.3, 0.4) is 0 Å². The van der Waals surface area contributed by atoms with Gasteiger partial charge < -0.3 is 10.0 Å². The van der Waals surface area contributed by atoms with E-state index in [-0.39, 0.29) is 0 Å². The first-order chi connectivity index (χ1) is 15.8. The smallest absolute Gasteiger partial charge is 0.311 e. The first kappa shape index (κ1) is 22.3. The van der Waals surface area contributed by atoms with E-state index >= 15 is 0 Å². The molecule has 0 aliphatic heterocycles. The lowest BCUT2D eigenvalue weighted by Crippen LogP contribution is -2.15. The Bertz CT molecular complexity index is 1260. The summed E-state index contributed by atoms with van der Waals surface area (Å²) in [5.41, 5.74) is 7.79. The summed E-state index contributed by atoms with van der Waals surface area (Å²) < 4.78 is 1.91. The van der Waals surface area contributed by atoms with Gasteiger partial charge in [0, 0.05) is 31.8 Å². The monoisotopic (exact) mass is 439 g/mol. The van der Waals surface area contributed by atoms with Crippen LogP contribution >= 0.6 is 0 Å². The normalized spacial score (nSPS) is 11.9. The molecule has 1 aromatic heterocycles. The number of carboxylic acid groups (broad SMARTS) is 1. The average molecular weight is 440 g/mol. The molecule has 0 spiro atoms. The molecule has 5 heteroatoms. The molecule has 0 aliphatic carbocycles. The van der Waals surface area contributed by atoms with Crippen LogP contribution in [0.5, 0.6) is 0 Å². The number of aliphatic carboxylic acids is 1. The van der Waals surface area contributed by atoms with Gasteiger partial charge in [0.25, 0.3) is 0 Å². The van der Waals surface area contributed by atoms with E-state index in [1.54, 1.807) is 0 Å². The topological polar surface area (TPSA) is 58.4 Å². The zero-order chi connectivity index (χ0) is 23.5.